The Morgan fingerprint density at radius 1 is 0.437 bits per heavy atom. The van der Waals surface area contributed by atoms with E-state index in [1.54, 1.807) is 20.8 Å². The number of aliphatic hydroxyl groups is 2. The summed E-state index contributed by atoms with van der Waals surface area (Å²) in [6.45, 7) is 33.9. The highest BCUT2D eigenvalue weighted by Crippen LogP contribution is 2.47. The lowest BCUT2D eigenvalue weighted by Crippen LogP contribution is -2.27. The highest BCUT2D eigenvalue weighted by Gasteiger charge is 2.35. The minimum Gasteiger partial charge on any atom is -0.462 e. The van der Waals surface area contributed by atoms with Gasteiger partial charge in [-0.05, 0) is 246 Å². The van der Waals surface area contributed by atoms with E-state index in [0.717, 1.165) is 124 Å². The molecule has 8 fully saturated rings. The van der Waals surface area contributed by atoms with E-state index in [2.05, 4.69) is 81.3 Å². The van der Waals surface area contributed by atoms with Gasteiger partial charge in [0.15, 0.2) is 25.1 Å². The molecule has 0 amide bonds. The Bertz CT molecular complexity index is 2760. The number of unbranched alkanes of at least 4 members (excludes halogenated alkanes) is 6. The van der Waals surface area contributed by atoms with E-state index in [0.29, 0.717) is 47.9 Å². The minimum atomic E-state index is -0.870. The average molecular weight is 1780 g/mol. The molecule has 0 aromatic carbocycles. The molecule has 0 radical (unpaired) electrons. The van der Waals surface area contributed by atoms with Gasteiger partial charge >= 0.3 is 31.1 Å². The van der Waals surface area contributed by atoms with Crippen LogP contribution in [0.25, 0.3) is 0 Å². The number of hydrogen-bond donors (Lipinski definition) is 2. The van der Waals surface area contributed by atoms with Crippen LogP contribution >= 0.6 is 39.1 Å². The number of rotatable bonds is 44. The number of carbonyl (C=O) groups excluding carboxylic acids is 5. The van der Waals surface area contributed by atoms with Crippen molar-refractivity contribution >= 4 is 80.8 Å². The van der Waals surface area contributed by atoms with Crippen molar-refractivity contribution in [2.45, 2.75) is 370 Å². The van der Waals surface area contributed by atoms with Crippen LogP contribution in [0, 0.1) is 88.8 Å². The molecule has 21 heteroatoms. The fourth-order valence-corrected chi connectivity index (χ4v) is 19.2. The Kier molecular flexibility index (Phi) is 67.4. The van der Waals surface area contributed by atoms with Gasteiger partial charge in [-0.3, -0.25) is 0 Å². The minimum absolute atomic E-state index is 0. The van der Waals surface area contributed by atoms with Gasteiger partial charge in [0.2, 0.25) is 0 Å². The van der Waals surface area contributed by atoms with Gasteiger partial charge in [0.05, 0.1) is 77.8 Å². The fourth-order valence-electron chi connectivity index (χ4n) is 19.2. The first kappa shape index (κ1) is 112. The summed E-state index contributed by atoms with van der Waals surface area (Å²) < 4.78 is 49.8. The van der Waals surface area contributed by atoms with Gasteiger partial charge < -0.3 is 53.6 Å². The molecular formula is C98H175Cl2O16P2S+. The third-order valence-electron chi connectivity index (χ3n) is 27.0. The van der Waals surface area contributed by atoms with Crippen molar-refractivity contribution in [3.8, 4) is 0 Å². The lowest BCUT2D eigenvalue weighted by Gasteiger charge is -2.38. The van der Waals surface area contributed by atoms with E-state index in [9.17, 15) is 29.1 Å². The number of aliphatic hydroxyl groups excluding tert-OH is 2. The van der Waals surface area contributed by atoms with E-state index < -0.39 is 37.5 Å². The second-order valence-electron chi connectivity index (χ2n) is 36.5. The summed E-state index contributed by atoms with van der Waals surface area (Å²) in [4.78, 5) is 59.9. The van der Waals surface area contributed by atoms with Gasteiger partial charge in [-0.1, -0.05) is 215 Å². The fraction of sp³-hybridized carbons (Fsp3) is 0.847. The molecule has 0 aromatic heterocycles. The zero-order valence-corrected chi connectivity index (χ0v) is 79.6. The van der Waals surface area contributed by atoms with E-state index in [1.807, 2.05) is 0 Å². The Morgan fingerprint density at radius 2 is 0.714 bits per heavy atom. The first-order valence-electron chi connectivity index (χ1n) is 47.3. The Hall–Kier alpha value is -2.66. The van der Waals surface area contributed by atoms with Crippen molar-refractivity contribution in [2.75, 3.05) is 71.4 Å². The van der Waals surface area contributed by atoms with Crippen LogP contribution in [0.15, 0.2) is 60.8 Å². The molecule has 2 heterocycles. The number of alkyl halides is 2. The molecule has 119 heavy (non-hydrogen) atoms. The van der Waals surface area contributed by atoms with Crippen LogP contribution in [-0.4, -0.2) is 131 Å². The maximum absolute atomic E-state index is 12.6. The summed E-state index contributed by atoms with van der Waals surface area (Å²) in [6, 6.07) is 0. The first-order chi connectivity index (χ1) is 56.8. The van der Waals surface area contributed by atoms with Gasteiger partial charge in [-0.25, -0.2) is 24.0 Å². The smallest absolute Gasteiger partial charge is 0.355 e. The summed E-state index contributed by atoms with van der Waals surface area (Å²) in [5, 5.41) is 18.9. The zero-order valence-electron chi connectivity index (χ0n) is 76.3. The van der Waals surface area contributed by atoms with E-state index >= 15 is 0 Å². The van der Waals surface area contributed by atoms with Crippen molar-refractivity contribution < 1.29 is 77.6 Å². The molecule has 4 N–H and O–H groups in total. The predicted octanol–water partition coefficient (Wildman–Crippen LogP) is 25.1. The molecule has 16 nitrogen and oxygen atoms in total. The molecule has 0 aromatic rings. The topological polar surface area (TPSA) is 231 Å². The third kappa shape index (κ3) is 52.3. The van der Waals surface area contributed by atoms with E-state index in [4.69, 9.17) is 67.5 Å². The maximum Gasteiger partial charge on any atom is 0.355 e. The van der Waals surface area contributed by atoms with Gasteiger partial charge in [0.1, 0.15) is 0 Å². The summed E-state index contributed by atoms with van der Waals surface area (Å²) in [6.07, 6.45) is 62.1. The van der Waals surface area contributed by atoms with Crippen molar-refractivity contribution in [1.82, 2.24) is 0 Å². The second-order valence-corrected chi connectivity index (χ2v) is 40.1. The number of carbonyl (C=O) groups is 5. The van der Waals surface area contributed by atoms with Crippen LogP contribution in [0.3, 0.4) is 0 Å². The second kappa shape index (κ2) is 71.4. The van der Waals surface area contributed by atoms with E-state index in [-0.39, 0.29) is 99.0 Å². The quantitative estimate of drug-likeness (QED) is 0.0144. The van der Waals surface area contributed by atoms with Crippen LogP contribution < -0.4 is 0 Å². The van der Waals surface area contributed by atoms with Crippen LogP contribution in [0.2, 0.25) is 0 Å². The van der Waals surface area contributed by atoms with Crippen LogP contribution in [-0.2, 0) is 73.7 Å². The molecule has 8 rings (SSSR count). The first-order valence-corrected chi connectivity index (χ1v) is 51.4. The zero-order chi connectivity index (χ0) is 86.8. The summed E-state index contributed by atoms with van der Waals surface area (Å²) in [5.41, 5.74) is 1.49. The highest BCUT2D eigenvalue weighted by molar-refractivity contribution is 8.24. The lowest BCUT2D eigenvalue weighted by molar-refractivity contribution is -0.161. The van der Waals surface area contributed by atoms with Crippen LogP contribution in [0.5, 0.6) is 0 Å². The van der Waals surface area contributed by atoms with Gasteiger partial charge in [-0.2, -0.15) is 0 Å². The third-order valence-corrected chi connectivity index (χ3v) is 27.0. The monoisotopic (exact) mass is 1770 g/mol. The molecule has 2 saturated heterocycles. The number of esters is 5. The molecule has 8 aliphatic rings. The van der Waals surface area contributed by atoms with Crippen LogP contribution in [0.1, 0.15) is 358 Å². The molecule has 0 spiro atoms. The normalized spacial score (nSPS) is 26.2. The molecule has 7 unspecified atom stereocenters. The predicted molar refractivity (Wildman–Crippen MR) is 501 cm³/mol. The average Bonchev–Trinajstić information content (AvgIpc) is 1.06. The molecule has 6 aliphatic carbocycles. The van der Waals surface area contributed by atoms with Gasteiger partial charge in [-0.15, -0.1) is 23.2 Å². The molecule has 6 saturated carbocycles. The Balaban J connectivity index is 0.000000836. The standard InChI is InChI=1S/C35H58O6.C30H50O5.C26H46O3.C5H10O.CH2Cl2.CH4.H2O.H2P2S/c1-5-6-7-10-28-14-18-31(19-15-28)32-20-16-29(17-21-32)12-13-30(24-40-34(36)26(2)3)25-41-35(37)27(4)23-39-33-11-8-9-22-38-33;1-5-6-7-8-24-11-15-27(16-12-24)28-17-13-25(14-18-28)9-10-26(20-34-29(32)22(2)3)21-35-30(33)23(4)19-31;1-4-5-6-7-21-10-14-24(15-11-21)25-16-12-22(13-17-25)8-9-23(18-27)19-29-26(28)20(2)3;1-5-3-2-4-6-5;2-1-3;;;1-2-3/h28-33H,2,4-25H2,1,3H3;24-28,31H,2,4-21H2,1,3H3;21-25,27H,2,4-19H2,1,3H3;5H,2-4H2,1H3;1H2;1H4;1H2;1H2/p+1/i/hT. The molecule has 692 valence electrons. The lowest BCUT2D eigenvalue weighted by atomic mass is 9.68. The molecule has 7 atom stereocenters. The van der Waals surface area contributed by atoms with E-state index in [1.165, 1.54) is 244 Å². The van der Waals surface area contributed by atoms with Crippen molar-refractivity contribution in [3.63, 3.8) is 0 Å². The maximum atomic E-state index is 12.6. The molecule has 2 aliphatic heterocycles. The number of halogens is 2. The summed E-state index contributed by atoms with van der Waals surface area (Å²) in [7, 11) is 2.20. The largest absolute Gasteiger partial charge is 0.462 e. The van der Waals surface area contributed by atoms with Crippen LogP contribution in [0.4, 0.5) is 0 Å². The van der Waals surface area contributed by atoms with Crippen molar-refractivity contribution in [3.05, 3.63) is 60.8 Å². The van der Waals surface area contributed by atoms with Gasteiger partial charge in [0.25, 0.3) is 0 Å². The van der Waals surface area contributed by atoms with Crippen molar-refractivity contribution in [2.24, 2.45) is 88.8 Å². The van der Waals surface area contributed by atoms with Gasteiger partial charge in [0, 0.05) is 54.3 Å². The summed E-state index contributed by atoms with van der Waals surface area (Å²) in [5.74, 6) is 8.56. The molecule has 0 bridgehead atoms. The highest BCUT2D eigenvalue weighted by atomic mass is 35.5. The number of hydrogen-bond acceptors (Lipinski definition) is 16. The molecular weight excluding hydrogens is 1600 g/mol. The Morgan fingerprint density at radius 3 is 0.958 bits per heavy atom. The summed E-state index contributed by atoms with van der Waals surface area (Å²) >= 11 is 13.8. The van der Waals surface area contributed by atoms with Crippen molar-refractivity contribution in [1.29, 1.82) is 1.28 Å². The Labute approximate surface area is 746 Å². The SMILES string of the molecule is C.C=C(C)C(=O)OCC(CCC1CCC(C2CCC(CCCCC)CC2)CC1)COC(=O)C(=C)CO.C=C(C)C(=O)OCC(CCC1CCC(C2CCC(CCCCC)CC2)CC1)COC(=O)C(=C)COC1CCCCO1.C=C(C)C(=O)OCC(CO)CCC1CCC(C2CCC(CCCCC)CC2)CC1.CC1CCCO1.ClCCl.O.[3H][P+](P)=S. The number of ether oxygens (including phenoxy) is 8.